The smallest absolute Gasteiger partial charge is 0.271 e. The molecule has 1 atom stereocenters. The van der Waals surface area contributed by atoms with Crippen molar-refractivity contribution in [1.29, 1.82) is 0 Å². The average Bonchev–Trinajstić information content (AvgIpc) is 3.17. The van der Waals surface area contributed by atoms with Gasteiger partial charge in [0.25, 0.3) is 5.91 Å². The van der Waals surface area contributed by atoms with Crippen LogP contribution < -0.4 is 0 Å². The first-order valence-corrected chi connectivity index (χ1v) is 8.19. The number of H-pyrrole nitrogens is 1. The Kier molecular flexibility index (Phi) is 3.93. The van der Waals surface area contributed by atoms with Crippen LogP contribution in [-0.2, 0) is 0 Å². The maximum Gasteiger partial charge on any atom is 0.271 e. The highest BCUT2D eigenvalue weighted by molar-refractivity contribution is 9.10. The van der Waals surface area contributed by atoms with Gasteiger partial charge in [0.1, 0.15) is 5.69 Å². The highest BCUT2D eigenvalue weighted by Crippen LogP contribution is 2.33. The lowest BCUT2D eigenvalue weighted by Crippen LogP contribution is -2.32. The van der Waals surface area contributed by atoms with Gasteiger partial charge in [0.2, 0.25) is 0 Å². The predicted molar refractivity (Wildman–Crippen MR) is 86.3 cm³/mol. The van der Waals surface area contributed by atoms with Crippen molar-refractivity contribution >= 4 is 21.8 Å². The Morgan fingerprint density at radius 1 is 1.48 bits per heavy atom. The van der Waals surface area contributed by atoms with Crippen LogP contribution in [0, 0.1) is 0 Å². The van der Waals surface area contributed by atoms with E-state index >= 15 is 0 Å². The molecule has 0 saturated carbocycles. The van der Waals surface area contributed by atoms with Crippen LogP contribution in [0.25, 0.3) is 0 Å². The van der Waals surface area contributed by atoms with Crippen molar-refractivity contribution in [3.8, 4) is 0 Å². The van der Waals surface area contributed by atoms with Crippen molar-refractivity contribution in [1.82, 2.24) is 14.5 Å². The first-order valence-electron chi connectivity index (χ1n) is 7.39. The molecular weight excluding hydrogens is 330 g/mol. The molecule has 0 aliphatic carbocycles. The second-order valence-electron chi connectivity index (χ2n) is 5.83. The van der Waals surface area contributed by atoms with Gasteiger partial charge in [0.15, 0.2) is 0 Å². The van der Waals surface area contributed by atoms with Crippen LogP contribution in [0.1, 0.15) is 55.0 Å². The number of halogens is 1. The number of amides is 1. The number of hydrogen-bond donors (Lipinski definition) is 1. The van der Waals surface area contributed by atoms with E-state index in [0.29, 0.717) is 0 Å². The van der Waals surface area contributed by atoms with E-state index in [9.17, 15) is 4.79 Å². The topological polar surface area (TPSA) is 41.0 Å². The number of carbonyl (C=O) groups is 1. The predicted octanol–water partition coefficient (Wildman–Crippen LogP) is 4.14. The fraction of sp³-hybridized carbons (Fsp3) is 0.438. The molecule has 3 rings (SSSR count). The van der Waals surface area contributed by atoms with Crippen molar-refractivity contribution in [2.24, 2.45) is 0 Å². The van der Waals surface area contributed by atoms with Gasteiger partial charge in [-0.2, -0.15) is 0 Å². The molecule has 0 bridgehead atoms. The van der Waals surface area contributed by atoms with Gasteiger partial charge < -0.3 is 14.5 Å². The number of nitrogens with zero attached hydrogens (tertiary/aromatic N) is 2. The Balaban J connectivity index is 1.91. The fourth-order valence-electron chi connectivity index (χ4n) is 3.08. The summed E-state index contributed by atoms with van der Waals surface area (Å²) >= 11 is 3.48. The summed E-state index contributed by atoms with van der Waals surface area (Å²) in [5.41, 5.74) is 1.89. The van der Waals surface area contributed by atoms with Crippen molar-refractivity contribution in [3.05, 3.63) is 46.5 Å². The molecule has 3 heterocycles. The first kappa shape index (κ1) is 14.4. The molecule has 5 heteroatoms. The van der Waals surface area contributed by atoms with E-state index in [4.69, 9.17) is 0 Å². The number of aromatic nitrogens is 2. The molecule has 1 N–H and O–H groups in total. The second-order valence-corrected chi connectivity index (χ2v) is 6.74. The summed E-state index contributed by atoms with van der Waals surface area (Å²) in [7, 11) is 0. The van der Waals surface area contributed by atoms with E-state index in [0.717, 1.165) is 35.2 Å². The molecule has 112 valence electrons. The Morgan fingerprint density at radius 2 is 2.29 bits per heavy atom. The molecule has 1 saturated heterocycles. The normalized spacial score (nSPS) is 18.7. The number of carbonyl (C=O) groups excluding carboxylic acids is 1. The molecule has 2 aromatic heterocycles. The summed E-state index contributed by atoms with van der Waals surface area (Å²) < 4.78 is 2.99. The largest absolute Gasteiger partial charge is 0.363 e. The zero-order valence-electron chi connectivity index (χ0n) is 12.3. The molecular formula is C16H20BrN3O. The highest BCUT2D eigenvalue weighted by atomic mass is 79.9. The lowest BCUT2D eigenvalue weighted by Gasteiger charge is -2.25. The van der Waals surface area contributed by atoms with E-state index in [-0.39, 0.29) is 18.0 Å². The zero-order valence-corrected chi connectivity index (χ0v) is 13.9. The minimum absolute atomic E-state index is 0.117. The Morgan fingerprint density at radius 3 is 2.95 bits per heavy atom. The number of hydrogen-bond acceptors (Lipinski definition) is 1. The monoisotopic (exact) mass is 349 g/mol. The van der Waals surface area contributed by atoms with E-state index < -0.39 is 0 Å². The molecule has 21 heavy (non-hydrogen) atoms. The van der Waals surface area contributed by atoms with Gasteiger partial charge in [0.05, 0.1) is 6.04 Å². The molecule has 1 amide bonds. The van der Waals surface area contributed by atoms with E-state index in [1.54, 1.807) is 0 Å². The summed E-state index contributed by atoms with van der Waals surface area (Å²) in [6.45, 7) is 5.01. The van der Waals surface area contributed by atoms with E-state index in [1.807, 2.05) is 34.0 Å². The van der Waals surface area contributed by atoms with Crippen LogP contribution in [0.3, 0.4) is 0 Å². The Labute approximate surface area is 133 Å². The van der Waals surface area contributed by atoms with Crippen molar-refractivity contribution in [2.45, 2.75) is 38.8 Å². The second kappa shape index (κ2) is 5.72. The maximum absolute atomic E-state index is 13.0. The van der Waals surface area contributed by atoms with E-state index in [2.05, 4.69) is 40.8 Å². The van der Waals surface area contributed by atoms with Gasteiger partial charge in [0, 0.05) is 35.1 Å². The van der Waals surface area contributed by atoms with Gasteiger partial charge in [-0.25, -0.2) is 0 Å². The quantitative estimate of drug-likeness (QED) is 0.888. The Bertz CT molecular complexity index is 630. The van der Waals surface area contributed by atoms with Crippen LogP contribution in [-0.4, -0.2) is 26.9 Å². The van der Waals surface area contributed by atoms with Gasteiger partial charge in [-0.3, -0.25) is 4.79 Å². The third-order valence-corrected chi connectivity index (χ3v) is 4.52. The van der Waals surface area contributed by atoms with Crippen LogP contribution in [0.15, 0.2) is 35.1 Å². The highest BCUT2D eigenvalue weighted by Gasteiger charge is 2.32. The summed E-state index contributed by atoms with van der Waals surface area (Å²) in [5.74, 6) is 0.117. The van der Waals surface area contributed by atoms with Gasteiger partial charge in [-0.1, -0.05) is 0 Å². The molecule has 1 unspecified atom stereocenters. The SMILES string of the molecule is CC(C)n1cc(Br)cc1C(=O)N1CCCC1c1ccc[nH]1. The molecule has 1 aliphatic heterocycles. The lowest BCUT2D eigenvalue weighted by atomic mass is 10.1. The Hall–Kier alpha value is -1.49. The van der Waals surface area contributed by atoms with Gasteiger partial charge >= 0.3 is 0 Å². The van der Waals surface area contributed by atoms with Crippen molar-refractivity contribution < 1.29 is 4.79 Å². The maximum atomic E-state index is 13.0. The third-order valence-electron chi connectivity index (χ3n) is 4.09. The summed E-state index contributed by atoms with van der Waals surface area (Å²) in [6, 6.07) is 6.41. The van der Waals surface area contributed by atoms with Gasteiger partial charge in [-0.15, -0.1) is 0 Å². The number of aromatic amines is 1. The lowest BCUT2D eigenvalue weighted by molar-refractivity contribution is 0.0720. The minimum Gasteiger partial charge on any atom is -0.363 e. The van der Waals surface area contributed by atoms with Crippen molar-refractivity contribution in [2.75, 3.05) is 6.54 Å². The minimum atomic E-state index is 0.117. The van der Waals surface area contributed by atoms with Crippen LogP contribution in [0.2, 0.25) is 0 Å². The zero-order chi connectivity index (χ0) is 15.0. The number of rotatable bonds is 3. The molecule has 0 spiro atoms. The van der Waals surface area contributed by atoms with Crippen molar-refractivity contribution in [3.63, 3.8) is 0 Å². The summed E-state index contributed by atoms with van der Waals surface area (Å²) in [4.78, 5) is 18.2. The number of nitrogens with one attached hydrogen (secondary N) is 1. The standard InChI is InChI=1S/C16H20BrN3O/c1-11(2)20-10-12(17)9-15(20)16(21)19-8-4-6-14(19)13-5-3-7-18-13/h3,5,7,9-11,14,18H,4,6,8H2,1-2H3. The molecule has 1 aliphatic rings. The fourth-order valence-corrected chi connectivity index (χ4v) is 3.51. The van der Waals surface area contributed by atoms with Crippen LogP contribution in [0.5, 0.6) is 0 Å². The molecule has 0 aromatic carbocycles. The summed E-state index contributed by atoms with van der Waals surface area (Å²) in [5, 5.41) is 0. The molecule has 1 fully saturated rings. The average molecular weight is 350 g/mol. The number of likely N-dealkylation sites (tertiary alicyclic amines) is 1. The molecule has 2 aromatic rings. The third kappa shape index (κ3) is 2.67. The van der Waals surface area contributed by atoms with Gasteiger partial charge in [-0.05, 0) is 60.8 Å². The molecule has 0 radical (unpaired) electrons. The van der Waals surface area contributed by atoms with E-state index in [1.165, 1.54) is 0 Å². The molecule has 4 nitrogen and oxygen atoms in total. The first-order chi connectivity index (χ1) is 10.1. The van der Waals surface area contributed by atoms with Crippen LogP contribution >= 0.6 is 15.9 Å². The summed E-state index contributed by atoms with van der Waals surface area (Å²) in [6.07, 6.45) is 5.98. The van der Waals surface area contributed by atoms with Crippen LogP contribution in [0.4, 0.5) is 0 Å².